The van der Waals surface area contributed by atoms with Crippen LogP contribution in [0.15, 0.2) is 0 Å². The number of rotatable bonds is 4. The summed E-state index contributed by atoms with van der Waals surface area (Å²) >= 11 is 0. The minimum absolute atomic E-state index is 0.00491. The summed E-state index contributed by atoms with van der Waals surface area (Å²) in [4.78, 5) is 0. The van der Waals surface area contributed by atoms with Crippen molar-refractivity contribution in [3.8, 4) is 0 Å². The lowest BCUT2D eigenvalue weighted by atomic mass is 9.95. The van der Waals surface area contributed by atoms with Gasteiger partial charge in [-0.2, -0.15) is 0 Å². The lowest BCUT2D eigenvalue weighted by Gasteiger charge is -2.26. The first-order chi connectivity index (χ1) is 6.24. The van der Waals surface area contributed by atoms with Crippen molar-refractivity contribution < 1.29 is 19.7 Å². The maximum atomic E-state index is 9.53. The fourth-order valence-electron chi connectivity index (χ4n) is 2.12. The van der Waals surface area contributed by atoms with Gasteiger partial charge in [0.05, 0.1) is 6.10 Å². The van der Waals surface area contributed by atoms with Crippen molar-refractivity contribution in [3.05, 3.63) is 0 Å². The lowest BCUT2D eigenvalue weighted by Crippen LogP contribution is -2.33. The average molecular weight is 190 g/mol. The summed E-state index contributed by atoms with van der Waals surface area (Å²) in [6.07, 6.45) is 0.842. The smallest absolute Gasteiger partial charge is 0.160 e. The standard InChI is InChI=1S/C9H18O4/c1-12-9(13-2)6-3-4-8(11)7(6)5-10/h6-11H,3-5H2,1-2H3/t6-,7+,8+/m1/s1. The van der Waals surface area contributed by atoms with E-state index in [1.54, 1.807) is 14.2 Å². The van der Waals surface area contributed by atoms with Gasteiger partial charge in [-0.25, -0.2) is 0 Å². The van der Waals surface area contributed by atoms with E-state index in [0.717, 1.165) is 12.8 Å². The van der Waals surface area contributed by atoms with Crippen LogP contribution in [0.4, 0.5) is 0 Å². The number of aliphatic hydroxyl groups is 2. The van der Waals surface area contributed by atoms with Gasteiger partial charge in [-0.15, -0.1) is 0 Å². The molecule has 0 bridgehead atoms. The molecule has 0 unspecified atom stereocenters. The van der Waals surface area contributed by atoms with Gasteiger partial charge in [-0.05, 0) is 12.8 Å². The highest BCUT2D eigenvalue weighted by Gasteiger charge is 2.39. The molecule has 0 spiro atoms. The summed E-state index contributed by atoms with van der Waals surface area (Å²) in [5.74, 6) is -0.0000926. The van der Waals surface area contributed by atoms with E-state index in [4.69, 9.17) is 14.6 Å². The second kappa shape index (κ2) is 4.91. The van der Waals surface area contributed by atoms with Crippen molar-refractivity contribution in [2.24, 2.45) is 11.8 Å². The summed E-state index contributed by atoms with van der Waals surface area (Å²) in [5, 5.41) is 18.6. The van der Waals surface area contributed by atoms with Gasteiger partial charge in [0, 0.05) is 32.7 Å². The van der Waals surface area contributed by atoms with E-state index in [1.165, 1.54) is 0 Å². The van der Waals surface area contributed by atoms with Crippen LogP contribution in [0.5, 0.6) is 0 Å². The first-order valence-corrected chi connectivity index (χ1v) is 4.59. The first-order valence-electron chi connectivity index (χ1n) is 4.59. The van der Waals surface area contributed by atoms with E-state index in [9.17, 15) is 5.11 Å². The molecule has 0 aromatic carbocycles. The zero-order valence-electron chi connectivity index (χ0n) is 8.14. The zero-order valence-corrected chi connectivity index (χ0v) is 8.14. The summed E-state index contributed by atoms with van der Waals surface area (Å²) in [7, 11) is 3.15. The summed E-state index contributed by atoms with van der Waals surface area (Å²) in [5.41, 5.74) is 0. The van der Waals surface area contributed by atoms with Crippen LogP contribution >= 0.6 is 0 Å². The topological polar surface area (TPSA) is 58.9 Å². The Morgan fingerprint density at radius 1 is 1.31 bits per heavy atom. The Kier molecular flexibility index (Phi) is 4.12. The summed E-state index contributed by atoms with van der Waals surface area (Å²) in [6, 6.07) is 0. The van der Waals surface area contributed by atoms with Crippen molar-refractivity contribution in [1.82, 2.24) is 0 Å². The Balaban J connectivity index is 2.57. The van der Waals surface area contributed by atoms with Crippen LogP contribution in [0.25, 0.3) is 0 Å². The van der Waals surface area contributed by atoms with Crippen molar-refractivity contribution in [2.75, 3.05) is 20.8 Å². The van der Waals surface area contributed by atoms with Gasteiger partial charge in [0.1, 0.15) is 0 Å². The predicted molar refractivity (Wildman–Crippen MR) is 47.1 cm³/mol. The van der Waals surface area contributed by atoms with Crippen LogP contribution in [-0.4, -0.2) is 43.4 Å². The Bertz CT molecular complexity index is 147. The van der Waals surface area contributed by atoms with Gasteiger partial charge in [0.15, 0.2) is 6.29 Å². The largest absolute Gasteiger partial charge is 0.396 e. The summed E-state index contributed by atoms with van der Waals surface area (Å²) in [6.45, 7) is -0.00491. The fourth-order valence-corrected chi connectivity index (χ4v) is 2.12. The van der Waals surface area contributed by atoms with E-state index in [-0.39, 0.29) is 24.7 Å². The van der Waals surface area contributed by atoms with Crippen LogP contribution in [0.2, 0.25) is 0 Å². The number of ether oxygens (including phenoxy) is 2. The maximum Gasteiger partial charge on any atom is 0.160 e. The molecule has 0 heterocycles. The molecule has 1 saturated carbocycles. The minimum Gasteiger partial charge on any atom is -0.396 e. The molecular formula is C9H18O4. The molecule has 13 heavy (non-hydrogen) atoms. The highest BCUT2D eigenvalue weighted by Crippen LogP contribution is 2.35. The highest BCUT2D eigenvalue weighted by molar-refractivity contribution is 4.85. The summed E-state index contributed by atoms with van der Waals surface area (Å²) < 4.78 is 10.2. The van der Waals surface area contributed by atoms with Gasteiger partial charge in [0.2, 0.25) is 0 Å². The van der Waals surface area contributed by atoms with Gasteiger partial charge >= 0.3 is 0 Å². The third kappa shape index (κ3) is 2.20. The molecule has 1 aliphatic carbocycles. The molecule has 3 atom stereocenters. The Labute approximate surface area is 78.5 Å². The maximum absolute atomic E-state index is 9.53. The van der Waals surface area contributed by atoms with Crippen molar-refractivity contribution in [3.63, 3.8) is 0 Å². The zero-order chi connectivity index (χ0) is 9.84. The number of methoxy groups -OCH3 is 2. The molecule has 0 saturated heterocycles. The molecule has 78 valence electrons. The van der Waals surface area contributed by atoms with Crippen LogP contribution in [0.3, 0.4) is 0 Å². The van der Waals surface area contributed by atoms with Crippen LogP contribution in [0, 0.1) is 11.8 Å². The highest BCUT2D eigenvalue weighted by atomic mass is 16.7. The molecule has 1 aliphatic rings. The van der Waals surface area contributed by atoms with Crippen LogP contribution in [0.1, 0.15) is 12.8 Å². The van der Waals surface area contributed by atoms with E-state index in [2.05, 4.69) is 0 Å². The second-order valence-corrected chi connectivity index (χ2v) is 3.49. The van der Waals surface area contributed by atoms with Gasteiger partial charge in [-0.3, -0.25) is 0 Å². The number of aliphatic hydroxyl groups excluding tert-OH is 2. The molecule has 4 heteroatoms. The molecule has 2 N–H and O–H groups in total. The molecule has 0 aromatic rings. The molecule has 4 nitrogen and oxygen atoms in total. The van der Waals surface area contributed by atoms with Crippen molar-refractivity contribution in [2.45, 2.75) is 25.2 Å². The predicted octanol–water partition coefficient (Wildman–Crippen LogP) is -0.0153. The van der Waals surface area contributed by atoms with Gasteiger partial charge in [0.25, 0.3) is 0 Å². The third-order valence-electron chi connectivity index (χ3n) is 2.86. The fraction of sp³-hybridized carbons (Fsp3) is 1.00. The van der Waals surface area contributed by atoms with Gasteiger partial charge in [-0.1, -0.05) is 0 Å². The average Bonchev–Trinajstić information content (AvgIpc) is 2.50. The number of hydrogen-bond donors (Lipinski definition) is 2. The van der Waals surface area contributed by atoms with Crippen molar-refractivity contribution >= 4 is 0 Å². The van der Waals surface area contributed by atoms with E-state index in [0.29, 0.717) is 0 Å². The molecule has 0 radical (unpaired) electrons. The lowest BCUT2D eigenvalue weighted by molar-refractivity contribution is -0.152. The first kappa shape index (κ1) is 10.9. The van der Waals surface area contributed by atoms with E-state index < -0.39 is 6.10 Å². The second-order valence-electron chi connectivity index (χ2n) is 3.49. The molecule has 0 aliphatic heterocycles. The SMILES string of the molecule is COC(OC)[C@@H]1CC[C@H](O)[C@H]1CO. The van der Waals surface area contributed by atoms with Gasteiger partial charge < -0.3 is 19.7 Å². The van der Waals surface area contributed by atoms with Crippen LogP contribution in [-0.2, 0) is 9.47 Å². The van der Waals surface area contributed by atoms with Crippen molar-refractivity contribution in [1.29, 1.82) is 0 Å². The quantitative estimate of drug-likeness (QED) is 0.612. The molecule has 1 fully saturated rings. The van der Waals surface area contributed by atoms with Crippen LogP contribution < -0.4 is 0 Å². The molecule has 0 amide bonds. The number of hydrogen-bond acceptors (Lipinski definition) is 4. The third-order valence-corrected chi connectivity index (χ3v) is 2.86. The molecule has 0 aromatic heterocycles. The van der Waals surface area contributed by atoms with E-state index in [1.807, 2.05) is 0 Å². The normalized spacial score (nSPS) is 34.4. The molecule has 1 rings (SSSR count). The Hall–Kier alpha value is -0.160. The van der Waals surface area contributed by atoms with E-state index >= 15 is 0 Å². The minimum atomic E-state index is -0.414. The monoisotopic (exact) mass is 190 g/mol. The Morgan fingerprint density at radius 3 is 2.38 bits per heavy atom. The Morgan fingerprint density at radius 2 is 1.92 bits per heavy atom. The molecular weight excluding hydrogens is 172 g/mol.